The topological polar surface area (TPSA) is 111 Å². The number of carboxylic acid groups (broad SMARTS) is 1. The molecule has 8 nitrogen and oxygen atoms in total. The van der Waals surface area contributed by atoms with Crippen molar-refractivity contribution in [2.45, 2.75) is 12.8 Å². The SMILES string of the molecule is O=C(Nc1ccc(C(=O)O)c(OC(=O)OCCc2ccccc2)c1)OCCc1ccccc1. The number of ether oxygens (including phenoxy) is 3. The number of anilines is 1. The van der Waals surface area contributed by atoms with E-state index < -0.39 is 18.2 Å². The highest BCUT2D eigenvalue weighted by molar-refractivity contribution is 5.93. The molecule has 0 spiro atoms. The number of amides is 1. The minimum atomic E-state index is -1.29. The highest BCUT2D eigenvalue weighted by Crippen LogP contribution is 2.24. The zero-order chi connectivity index (χ0) is 23.5. The first-order valence-corrected chi connectivity index (χ1v) is 10.2. The number of rotatable bonds is 9. The molecule has 3 aromatic carbocycles. The second-order valence-corrected chi connectivity index (χ2v) is 6.95. The molecule has 0 atom stereocenters. The Morgan fingerprint density at radius 1 is 0.758 bits per heavy atom. The van der Waals surface area contributed by atoms with Crippen LogP contribution in [0.25, 0.3) is 0 Å². The summed E-state index contributed by atoms with van der Waals surface area (Å²) >= 11 is 0. The lowest BCUT2D eigenvalue weighted by atomic mass is 10.2. The van der Waals surface area contributed by atoms with Gasteiger partial charge in [0.05, 0.1) is 13.2 Å². The summed E-state index contributed by atoms with van der Waals surface area (Å²) in [6, 6.07) is 22.8. The summed E-state index contributed by atoms with van der Waals surface area (Å²) < 4.78 is 15.3. The average Bonchev–Trinajstić information content (AvgIpc) is 2.80. The fraction of sp³-hybridized carbons (Fsp3) is 0.160. The van der Waals surface area contributed by atoms with Crippen LogP contribution in [-0.4, -0.2) is 36.5 Å². The summed E-state index contributed by atoms with van der Waals surface area (Å²) in [5.41, 5.74) is 1.96. The third-order valence-corrected chi connectivity index (χ3v) is 4.57. The van der Waals surface area contributed by atoms with Crippen molar-refractivity contribution < 1.29 is 33.7 Å². The predicted octanol–water partition coefficient (Wildman–Crippen LogP) is 4.93. The van der Waals surface area contributed by atoms with Crippen LogP contribution in [-0.2, 0) is 22.3 Å². The highest BCUT2D eigenvalue weighted by Gasteiger charge is 2.17. The van der Waals surface area contributed by atoms with E-state index in [0.717, 1.165) is 11.1 Å². The van der Waals surface area contributed by atoms with Crippen LogP contribution in [0, 0.1) is 0 Å². The molecule has 0 saturated carbocycles. The van der Waals surface area contributed by atoms with E-state index in [1.807, 2.05) is 60.7 Å². The molecule has 0 aliphatic carbocycles. The molecule has 0 radical (unpaired) electrons. The Balaban J connectivity index is 1.53. The van der Waals surface area contributed by atoms with Gasteiger partial charge >= 0.3 is 18.2 Å². The Morgan fingerprint density at radius 2 is 1.33 bits per heavy atom. The van der Waals surface area contributed by atoms with Crippen LogP contribution >= 0.6 is 0 Å². The molecule has 0 aromatic heterocycles. The van der Waals surface area contributed by atoms with Gasteiger partial charge < -0.3 is 19.3 Å². The third-order valence-electron chi connectivity index (χ3n) is 4.57. The van der Waals surface area contributed by atoms with Gasteiger partial charge in [0.2, 0.25) is 0 Å². The molecule has 0 fully saturated rings. The molecule has 33 heavy (non-hydrogen) atoms. The summed E-state index contributed by atoms with van der Waals surface area (Å²) in [5.74, 6) is -1.55. The fourth-order valence-corrected chi connectivity index (χ4v) is 2.94. The van der Waals surface area contributed by atoms with E-state index in [0.29, 0.717) is 12.8 Å². The third kappa shape index (κ3) is 7.70. The van der Waals surface area contributed by atoms with E-state index >= 15 is 0 Å². The summed E-state index contributed by atoms with van der Waals surface area (Å²) in [6.45, 7) is 0.233. The van der Waals surface area contributed by atoms with Gasteiger partial charge in [0.25, 0.3) is 0 Å². The lowest BCUT2D eigenvalue weighted by Gasteiger charge is -2.11. The molecular weight excluding hydrogens is 426 g/mol. The average molecular weight is 449 g/mol. The zero-order valence-corrected chi connectivity index (χ0v) is 17.7. The van der Waals surface area contributed by atoms with Crippen LogP contribution in [0.5, 0.6) is 5.75 Å². The smallest absolute Gasteiger partial charge is 0.478 e. The maximum Gasteiger partial charge on any atom is 0.513 e. The number of hydrogen-bond donors (Lipinski definition) is 2. The second-order valence-electron chi connectivity index (χ2n) is 6.95. The van der Waals surface area contributed by atoms with Gasteiger partial charge in [0, 0.05) is 24.6 Å². The fourth-order valence-electron chi connectivity index (χ4n) is 2.94. The minimum absolute atomic E-state index is 0.0664. The predicted molar refractivity (Wildman–Crippen MR) is 121 cm³/mol. The number of carbonyl (C=O) groups excluding carboxylic acids is 2. The molecule has 8 heteroatoms. The van der Waals surface area contributed by atoms with Gasteiger partial charge in [-0.3, -0.25) is 5.32 Å². The largest absolute Gasteiger partial charge is 0.513 e. The van der Waals surface area contributed by atoms with Crippen molar-refractivity contribution in [3.63, 3.8) is 0 Å². The van der Waals surface area contributed by atoms with Gasteiger partial charge in [0.1, 0.15) is 5.56 Å². The van der Waals surface area contributed by atoms with Crippen LogP contribution in [0.2, 0.25) is 0 Å². The van der Waals surface area contributed by atoms with Gasteiger partial charge in [-0.2, -0.15) is 0 Å². The maximum atomic E-state index is 12.0. The highest BCUT2D eigenvalue weighted by atomic mass is 16.7. The van der Waals surface area contributed by atoms with Crippen molar-refractivity contribution in [3.05, 3.63) is 95.6 Å². The Morgan fingerprint density at radius 3 is 1.91 bits per heavy atom. The first kappa shape index (κ1) is 23.3. The summed E-state index contributed by atoms with van der Waals surface area (Å²) in [6.07, 6.45) is -0.727. The molecule has 0 heterocycles. The van der Waals surface area contributed by atoms with Gasteiger partial charge in [0.15, 0.2) is 5.75 Å². The molecule has 0 aliphatic rings. The van der Waals surface area contributed by atoms with E-state index in [2.05, 4.69) is 5.32 Å². The summed E-state index contributed by atoms with van der Waals surface area (Å²) in [7, 11) is 0. The van der Waals surface area contributed by atoms with E-state index in [9.17, 15) is 19.5 Å². The molecule has 3 rings (SSSR count). The molecule has 0 aliphatic heterocycles. The molecule has 2 N–H and O–H groups in total. The first-order valence-electron chi connectivity index (χ1n) is 10.2. The number of benzene rings is 3. The normalized spacial score (nSPS) is 10.2. The number of nitrogens with one attached hydrogen (secondary N) is 1. The number of aromatic carboxylic acids is 1. The van der Waals surface area contributed by atoms with Crippen molar-refractivity contribution in [3.8, 4) is 5.75 Å². The van der Waals surface area contributed by atoms with Crippen molar-refractivity contribution in [2.75, 3.05) is 18.5 Å². The lowest BCUT2D eigenvalue weighted by molar-refractivity contribution is 0.0690. The van der Waals surface area contributed by atoms with E-state index in [-0.39, 0.29) is 30.2 Å². The van der Waals surface area contributed by atoms with Crippen LogP contribution in [0.1, 0.15) is 21.5 Å². The van der Waals surface area contributed by atoms with Gasteiger partial charge in [-0.15, -0.1) is 0 Å². The van der Waals surface area contributed by atoms with Crippen molar-refractivity contribution in [1.82, 2.24) is 0 Å². The van der Waals surface area contributed by atoms with Gasteiger partial charge in [-0.25, -0.2) is 14.4 Å². The maximum absolute atomic E-state index is 12.0. The number of carboxylic acids is 1. The Kier molecular flexibility index (Phi) is 8.41. The van der Waals surface area contributed by atoms with Gasteiger partial charge in [-0.1, -0.05) is 60.7 Å². The van der Waals surface area contributed by atoms with Crippen molar-refractivity contribution >= 4 is 23.9 Å². The molecule has 0 unspecified atom stereocenters. The van der Waals surface area contributed by atoms with Gasteiger partial charge in [-0.05, 0) is 23.3 Å². The Labute approximate surface area is 190 Å². The number of carbonyl (C=O) groups is 3. The lowest BCUT2D eigenvalue weighted by Crippen LogP contribution is -2.17. The first-order chi connectivity index (χ1) is 16.0. The molecular formula is C25H23NO7. The monoisotopic (exact) mass is 449 g/mol. The number of hydrogen-bond acceptors (Lipinski definition) is 6. The Hall–Kier alpha value is -4.33. The molecule has 170 valence electrons. The van der Waals surface area contributed by atoms with E-state index in [1.54, 1.807) is 0 Å². The van der Waals surface area contributed by atoms with E-state index in [1.165, 1.54) is 18.2 Å². The molecule has 0 bridgehead atoms. The van der Waals surface area contributed by atoms with Crippen molar-refractivity contribution in [1.29, 1.82) is 0 Å². The van der Waals surface area contributed by atoms with Crippen LogP contribution in [0.3, 0.4) is 0 Å². The minimum Gasteiger partial charge on any atom is -0.478 e. The summed E-state index contributed by atoms with van der Waals surface area (Å²) in [5, 5.41) is 11.8. The standard InChI is InChI=1S/C25H23NO7/c27-23(28)21-12-11-20(26-24(29)31-15-13-18-7-3-1-4-8-18)17-22(21)33-25(30)32-16-14-19-9-5-2-6-10-19/h1-12,17H,13-16H2,(H,26,29)(H,27,28). The zero-order valence-electron chi connectivity index (χ0n) is 17.7. The molecule has 3 aromatic rings. The van der Waals surface area contributed by atoms with Crippen LogP contribution in [0.15, 0.2) is 78.9 Å². The Bertz CT molecular complexity index is 1080. The van der Waals surface area contributed by atoms with Crippen molar-refractivity contribution in [2.24, 2.45) is 0 Å². The molecule has 0 saturated heterocycles. The van der Waals surface area contributed by atoms with Crippen LogP contribution < -0.4 is 10.1 Å². The van der Waals surface area contributed by atoms with Crippen LogP contribution in [0.4, 0.5) is 15.3 Å². The second kappa shape index (κ2) is 11.9. The molecule has 1 amide bonds. The van der Waals surface area contributed by atoms with E-state index in [4.69, 9.17) is 14.2 Å². The summed E-state index contributed by atoms with van der Waals surface area (Å²) in [4.78, 5) is 35.6. The quantitative estimate of drug-likeness (QED) is 0.352.